The number of nitrogens with zero attached hydrogens (tertiary/aromatic N) is 1. The van der Waals surface area contributed by atoms with Crippen LogP contribution in [0, 0.1) is 11.8 Å². The van der Waals surface area contributed by atoms with E-state index in [-0.39, 0.29) is 5.75 Å². The van der Waals surface area contributed by atoms with E-state index in [1.54, 1.807) is 12.1 Å². The van der Waals surface area contributed by atoms with E-state index < -0.39 is 6.36 Å². The number of fused-ring (bicyclic) bond motifs is 3. The van der Waals surface area contributed by atoms with Crippen molar-refractivity contribution in [2.75, 3.05) is 19.6 Å². The molecule has 3 nitrogen and oxygen atoms in total. The Balaban J connectivity index is 1.44. The highest BCUT2D eigenvalue weighted by Crippen LogP contribution is 2.37. The summed E-state index contributed by atoms with van der Waals surface area (Å²) in [6, 6.07) is 6.67. The molecule has 2 bridgehead atoms. The molecular formula is C18H25F3N2O. The Morgan fingerprint density at radius 1 is 1.25 bits per heavy atom. The third-order valence-corrected chi connectivity index (χ3v) is 5.40. The highest BCUT2D eigenvalue weighted by Gasteiger charge is 2.38. The second kappa shape index (κ2) is 7.31. The summed E-state index contributed by atoms with van der Waals surface area (Å²) in [6.45, 7) is 6.31. The molecule has 134 valence electrons. The lowest BCUT2D eigenvalue weighted by Gasteiger charge is -2.50. The van der Waals surface area contributed by atoms with E-state index in [1.807, 2.05) is 0 Å². The Bertz CT molecular complexity index is 532. The van der Waals surface area contributed by atoms with Crippen LogP contribution in [0.25, 0.3) is 0 Å². The van der Waals surface area contributed by atoms with Crippen LogP contribution in [0.15, 0.2) is 24.3 Å². The largest absolute Gasteiger partial charge is 0.573 e. The fourth-order valence-corrected chi connectivity index (χ4v) is 4.12. The maximum absolute atomic E-state index is 12.1. The van der Waals surface area contributed by atoms with Crippen molar-refractivity contribution in [2.24, 2.45) is 11.8 Å². The van der Waals surface area contributed by atoms with Crippen molar-refractivity contribution in [3.63, 3.8) is 0 Å². The monoisotopic (exact) mass is 342 g/mol. The van der Waals surface area contributed by atoms with Crippen molar-refractivity contribution in [3.8, 4) is 5.75 Å². The van der Waals surface area contributed by atoms with Gasteiger partial charge in [-0.05, 0) is 48.9 Å². The van der Waals surface area contributed by atoms with E-state index in [9.17, 15) is 13.2 Å². The molecule has 0 spiro atoms. The first-order valence-corrected chi connectivity index (χ1v) is 8.74. The molecule has 3 saturated heterocycles. The van der Waals surface area contributed by atoms with Gasteiger partial charge in [0.1, 0.15) is 5.75 Å². The van der Waals surface area contributed by atoms with Crippen molar-refractivity contribution in [1.29, 1.82) is 0 Å². The molecule has 0 saturated carbocycles. The van der Waals surface area contributed by atoms with Crippen LogP contribution in [0.5, 0.6) is 5.75 Å². The molecule has 0 aliphatic carbocycles. The number of piperidine rings is 3. The van der Waals surface area contributed by atoms with Gasteiger partial charge in [0.25, 0.3) is 0 Å². The van der Waals surface area contributed by atoms with E-state index in [0.29, 0.717) is 12.6 Å². The van der Waals surface area contributed by atoms with Gasteiger partial charge in [-0.2, -0.15) is 0 Å². The fraction of sp³-hybridized carbons (Fsp3) is 0.667. The maximum atomic E-state index is 12.1. The summed E-state index contributed by atoms with van der Waals surface area (Å²) in [5.74, 6) is 1.55. The van der Waals surface area contributed by atoms with Crippen molar-refractivity contribution in [1.82, 2.24) is 10.2 Å². The molecule has 0 radical (unpaired) electrons. The molecule has 0 amide bonds. The second-order valence-corrected chi connectivity index (χ2v) is 6.92. The Labute approximate surface area is 141 Å². The van der Waals surface area contributed by atoms with Gasteiger partial charge < -0.3 is 10.1 Å². The van der Waals surface area contributed by atoms with Crippen LogP contribution in [0.3, 0.4) is 0 Å². The number of alkyl halides is 3. The van der Waals surface area contributed by atoms with E-state index >= 15 is 0 Å². The minimum Gasteiger partial charge on any atom is -0.406 e. The summed E-state index contributed by atoms with van der Waals surface area (Å²) in [5.41, 5.74) is 0.965. The van der Waals surface area contributed by atoms with Gasteiger partial charge in [-0.25, -0.2) is 0 Å². The third kappa shape index (κ3) is 4.42. The Morgan fingerprint density at radius 3 is 2.58 bits per heavy atom. The Hall–Kier alpha value is -1.27. The first kappa shape index (κ1) is 17.5. The van der Waals surface area contributed by atoms with Gasteiger partial charge >= 0.3 is 6.36 Å². The number of ether oxygens (including phenoxy) is 1. The van der Waals surface area contributed by atoms with E-state index in [1.165, 1.54) is 44.5 Å². The number of rotatable bonds is 6. The Kier molecular flexibility index (Phi) is 5.35. The number of nitrogens with one attached hydrogen (secondary N) is 1. The summed E-state index contributed by atoms with van der Waals surface area (Å²) in [4.78, 5) is 2.60. The highest BCUT2D eigenvalue weighted by molar-refractivity contribution is 5.27. The van der Waals surface area contributed by atoms with Gasteiger partial charge in [-0.3, -0.25) is 4.90 Å². The molecule has 1 aromatic carbocycles. The Morgan fingerprint density at radius 2 is 2.00 bits per heavy atom. The average Bonchev–Trinajstić information content (AvgIpc) is 2.55. The number of benzene rings is 1. The summed E-state index contributed by atoms with van der Waals surface area (Å²) < 4.78 is 40.3. The molecule has 3 heterocycles. The van der Waals surface area contributed by atoms with Crippen LogP contribution >= 0.6 is 0 Å². The minimum atomic E-state index is -4.63. The predicted octanol–water partition coefficient (Wildman–Crippen LogP) is 3.80. The third-order valence-electron chi connectivity index (χ3n) is 5.40. The van der Waals surface area contributed by atoms with Crippen LogP contribution in [0.4, 0.5) is 13.2 Å². The molecule has 1 unspecified atom stereocenters. The SMILES string of the molecule is CC[C@H]1CN2CC[C@H]1C[C@@H]2CNCc1ccc(OC(F)(F)F)cc1. The van der Waals surface area contributed by atoms with Crippen LogP contribution < -0.4 is 10.1 Å². The summed E-state index contributed by atoms with van der Waals surface area (Å²) in [5, 5.41) is 3.45. The van der Waals surface area contributed by atoms with Crippen LogP contribution in [0.1, 0.15) is 31.7 Å². The molecular weight excluding hydrogens is 317 g/mol. The molecule has 6 heteroatoms. The van der Waals surface area contributed by atoms with E-state index in [0.717, 1.165) is 23.9 Å². The quantitative estimate of drug-likeness (QED) is 0.851. The first-order valence-electron chi connectivity index (χ1n) is 8.74. The second-order valence-electron chi connectivity index (χ2n) is 6.92. The van der Waals surface area contributed by atoms with Crippen molar-refractivity contribution >= 4 is 0 Å². The summed E-state index contributed by atoms with van der Waals surface area (Å²) in [7, 11) is 0. The normalized spacial score (nSPS) is 29.7. The molecule has 3 fully saturated rings. The summed E-state index contributed by atoms with van der Waals surface area (Å²) in [6.07, 6.45) is -0.766. The fourth-order valence-electron chi connectivity index (χ4n) is 4.12. The maximum Gasteiger partial charge on any atom is 0.573 e. The molecule has 1 N–H and O–H groups in total. The zero-order valence-electron chi connectivity index (χ0n) is 14.0. The van der Waals surface area contributed by atoms with Gasteiger partial charge in [0.15, 0.2) is 0 Å². The molecule has 0 aromatic heterocycles. The van der Waals surface area contributed by atoms with Gasteiger partial charge in [0.05, 0.1) is 0 Å². The highest BCUT2D eigenvalue weighted by atomic mass is 19.4. The van der Waals surface area contributed by atoms with Crippen LogP contribution in [0.2, 0.25) is 0 Å². The number of halogens is 3. The van der Waals surface area contributed by atoms with Gasteiger partial charge in [0.2, 0.25) is 0 Å². The summed E-state index contributed by atoms with van der Waals surface area (Å²) >= 11 is 0. The lowest BCUT2D eigenvalue weighted by Crippen LogP contribution is -2.56. The van der Waals surface area contributed by atoms with Crippen molar-refractivity contribution in [2.45, 2.75) is 45.1 Å². The number of hydrogen-bond donors (Lipinski definition) is 1. The molecule has 1 aromatic rings. The number of hydrogen-bond acceptors (Lipinski definition) is 3. The molecule has 4 atom stereocenters. The molecule has 3 aliphatic heterocycles. The molecule has 4 rings (SSSR count). The lowest BCUT2D eigenvalue weighted by molar-refractivity contribution is -0.274. The zero-order valence-corrected chi connectivity index (χ0v) is 14.0. The molecule has 3 aliphatic rings. The van der Waals surface area contributed by atoms with Crippen molar-refractivity contribution in [3.05, 3.63) is 29.8 Å². The van der Waals surface area contributed by atoms with Gasteiger partial charge in [-0.1, -0.05) is 25.5 Å². The van der Waals surface area contributed by atoms with Gasteiger partial charge in [0, 0.05) is 25.7 Å². The topological polar surface area (TPSA) is 24.5 Å². The van der Waals surface area contributed by atoms with Crippen LogP contribution in [-0.4, -0.2) is 36.9 Å². The van der Waals surface area contributed by atoms with Gasteiger partial charge in [-0.15, -0.1) is 13.2 Å². The van der Waals surface area contributed by atoms with E-state index in [2.05, 4.69) is 21.9 Å². The zero-order chi connectivity index (χ0) is 17.2. The van der Waals surface area contributed by atoms with E-state index in [4.69, 9.17) is 0 Å². The standard InChI is InChI=1S/C18H25F3N2O/c1-2-14-12-23-8-7-15(14)9-16(23)11-22-10-13-3-5-17(6-4-13)24-18(19,20)21/h3-6,14-16,22H,2,7-12H2,1H3/t14-,15-,16+/m0/s1. The molecule has 24 heavy (non-hydrogen) atoms. The average molecular weight is 342 g/mol. The first-order chi connectivity index (χ1) is 11.4. The van der Waals surface area contributed by atoms with Crippen LogP contribution in [-0.2, 0) is 6.54 Å². The predicted molar refractivity (Wildman–Crippen MR) is 86.7 cm³/mol. The lowest BCUT2D eigenvalue weighted by atomic mass is 9.74. The smallest absolute Gasteiger partial charge is 0.406 e. The van der Waals surface area contributed by atoms with Crippen molar-refractivity contribution < 1.29 is 17.9 Å². The minimum absolute atomic E-state index is 0.174.